The highest BCUT2D eigenvalue weighted by Gasteiger charge is 2.05. The van der Waals surface area contributed by atoms with E-state index < -0.39 is 0 Å². The minimum Gasteiger partial charge on any atom is -0.494 e. The van der Waals surface area contributed by atoms with E-state index in [1.54, 1.807) is 0 Å². The number of benzene rings is 2. The molecule has 2 aromatic carbocycles. The van der Waals surface area contributed by atoms with Crippen LogP contribution in [0.2, 0.25) is 0 Å². The summed E-state index contributed by atoms with van der Waals surface area (Å²) in [6.45, 7) is 3.65. The third-order valence-electron chi connectivity index (χ3n) is 3.17. The predicted octanol–water partition coefficient (Wildman–Crippen LogP) is 2.58. The number of ether oxygens (including phenoxy) is 1. The second-order valence-electron chi connectivity index (χ2n) is 4.58. The lowest BCUT2D eigenvalue weighted by Gasteiger charge is -2.15. The van der Waals surface area contributed by atoms with Gasteiger partial charge in [-0.05, 0) is 35.9 Å². The largest absolute Gasteiger partial charge is 0.494 e. The molecule has 0 aliphatic heterocycles. The summed E-state index contributed by atoms with van der Waals surface area (Å²) >= 11 is 0. The lowest BCUT2D eigenvalue weighted by molar-refractivity contribution is 0.210. The van der Waals surface area contributed by atoms with Gasteiger partial charge in [-0.3, -0.25) is 0 Å². The Morgan fingerprint density at radius 2 is 1.95 bits per heavy atom. The molecule has 0 amide bonds. The van der Waals surface area contributed by atoms with Crippen molar-refractivity contribution in [1.82, 2.24) is 5.32 Å². The predicted molar refractivity (Wildman–Crippen MR) is 78.6 cm³/mol. The molecular formula is C16H21NO2. The van der Waals surface area contributed by atoms with Gasteiger partial charge in [0.1, 0.15) is 5.75 Å². The molecule has 0 bridgehead atoms. The Morgan fingerprint density at radius 3 is 2.68 bits per heavy atom. The zero-order valence-corrected chi connectivity index (χ0v) is 11.3. The van der Waals surface area contributed by atoms with Crippen molar-refractivity contribution in [2.45, 2.75) is 19.4 Å². The molecule has 0 aromatic heterocycles. The van der Waals surface area contributed by atoms with Crippen molar-refractivity contribution in [2.24, 2.45) is 0 Å². The standard InChI is InChI=1S/C16H21NO2/c1-2-17-15(12-18)9-10-19-16-8-7-13-5-3-4-6-14(13)11-16/h3-8,11,15,17-18H,2,9-10,12H2,1H3. The molecule has 0 saturated carbocycles. The van der Waals surface area contributed by atoms with Gasteiger partial charge in [-0.15, -0.1) is 0 Å². The topological polar surface area (TPSA) is 41.5 Å². The molecule has 0 saturated heterocycles. The van der Waals surface area contributed by atoms with E-state index in [0.717, 1.165) is 18.7 Å². The van der Waals surface area contributed by atoms with E-state index in [2.05, 4.69) is 29.6 Å². The molecule has 2 N–H and O–H groups in total. The Balaban J connectivity index is 1.90. The van der Waals surface area contributed by atoms with Gasteiger partial charge in [0, 0.05) is 6.04 Å². The lowest BCUT2D eigenvalue weighted by Crippen LogP contribution is -2.33. The van der Waals surface area contributed by atoms with Crippen LogP contribution in [-0.2, 0) is 0 Å². The van der Waals surface area contributed by atoms with E-state index >= 15 is 0 Å². The monoisotopic (exact) mass is 259 g/mol. The number of hydrogen-bond acceptors (Lipinski definition) is 3. The van der Waals surface area contributed by atoms with Crippen molar-refractivity contribution in [1.29, 1.82) is 0 Å². The van der Waals surface area contributed by atoms with E-state index in [9.17, 15) is 5.11 Å². The first-order valence-corrected chi connectivity index (χ1v) is 6.79. The van der Waals surface area contributed by atoms with Crippen molar-refractivity contribution < 1.29 is 9.84 Å². The summed E-state index contributed by atoms with van der Waals surface area (Å²) in [6.07, 6.45) is 0.803. The van der Waals surface area contributed by atoms with Crippen molar-refractivity contribution in [2.75, 3.05) is 19.8 Å². The maximum Gasteiger partial charge on any atom is 0.119 e. The average Bonchev–Trinajstić information content (AvgIpc) is 2.46. The number of rotatable bonds is 7. The Kier molecular flexibility index (Phi) is 5.19. The molecule has 0 fully saturated rings. The number of nitrogens with one attached hydrogen (secondary N) is 1. The minimum atomic E-state index is 0.116. The van der Waals surface area contributed by atoms with Gasteiger partial charge in [0.25, 0.3) is 0 Å². The zero-order chi connectivity index (χ0) is 13.5. The highest BCUT2D eigenvalue weighted by molar-refractivity contribution is 5.83. The fourth-order valence-corrected chi connectivity index (χ4v) is 2.12. The van der Waals surface area contributed by atoms with Crippen LogP contribution in [0.15, 0.2) is 42.5 Å². The quantitative estimate of drug-likeness (QED) is 0.803. The summed E-state index contributed by atoms with van der Waals surface area (Å²) in [6, 6.07) is 14.5. The molecule has 2 aromatic rings. The average molecular weight is 259 g/mol. The van der Waals surface area contributed by atoms with Gasteiger partial charge in [0.05, 0.1) is 13.2 Å². The van der Waals surface area contributed by atoms with Gasteiger partial charge in [0.2, 0.25) is 0 Å². The molecule has 0 spiro atoms. The van der Waals surface area contributed by atoms with E-state index in [4.69, 9.17) is 4.74 Å². The number of fused-ring (bicyclic) bond motifs is 1. The smallest absolute Gasteiger partial charge is 0.119 e. The van der Waals surface area contributed by atoms with E-state index in [-0.39, 0.29) is 12.6 Å². The lowest BCUT2D eigenvalue weighted by atomic mass is 10.1. The number of aliphatic hydroxyl groups excluding tert-OH is 1. The molecule has 3 nitrogen and oxygen atoms in total. The van der Waals surface area contributed by atoms with Crippen molar-refractivity contribution in [3.63, 3.8) is 0 Å². The van der Waals surface area contributed by atoms with Crippen molar-refractivity contribution in [3.05, 3.63) is 42.5 Å². The maximum atomic E-state index is 9.18. The second-order valence-corrected chi connectivity index (χ2v) is 4.58. The highest BCUT2D eigenvalue weighted by atomic mass is 16.5. The van der Waals surface area contributed by atoms with Crippen molar-refractivity contribution in [3.8, 4) is 5.75 Å². The molecular weight excluding hydrogens is 238 g/mol. The van der Waals surface area contributed by atoms with Gasteiger partial charge >= 0.3 is 0 Å². The van der Waals surface area contributed by atoms with Crippen LogP contribution in [0, 0.1) is 0 Å². The Hall–Kier alpha value is -1.58. The van der Waals surface area contributed by atoms with Crippen LogP contribution in [0.4, 0.5) is 0 Å². The van der Waals surface area contributed by atoms with Crippen LogP contribution in [0.1, 0.15) is 13.3 Å². The molecule has 0 aliphatic carbocycles. The maximum absolute atomic E-state index is 9.18. The first-order valence-electron chi connectivity index (χ1n) is 6.79. The fraction of sp³-hybridized carbons (Fsp3) is 0.375. The Bertz CT molecular complexity index is 513. The summed E-state index contributed by atoms with van der Waals surface area (Å²) in [5.74, 6) is 0.881. The van der Waals surface area contributed by atoms with Crippen molar-refractivity contribution >= 4 is 10.8 Å². The van der Waals surface area contributed by atoms with Crippen LogP contribution in [0.3, 0.4) is 0 Å². The third-order valence-corrected chi connectivity index (χ3v) is 3.17. The molecule has 0 radical (unpaired) electrons. The van der Waals surface area contributed by atoms with Crippen LogP contribution >= 0.6 is 0 Å². The number of likely N-dealkylation sites (N-methyl/N-ethyl adjacent to an activating group) is 1. The zero-order valence-electron chi connectivity index (χ0n) is 11.3. The van der Waals surface area contributed by atoms with E-state index in [1.807, 2.05) is 25.1 Å². The Morgan fingerprint density at radius 1 is 1.16 bits per heavy atom. The number of hydrogen-bond donors (Lipinski definition) is 2. The molecule has 1 atom stereocenters. The first kappa shape index (κ1) is 13.8. The summed E-state index contributed by atoms with van der Waals surface area (Å²) in [4.78, 5) is 0. The summed E-state index contributed by atoms with van der Waals surface area (Å²) < 4.78 is 5.74. The SMILES string of the molecule is CCNC(CO)CCOc1ccc2ccccc2c1. The molecule has 0 heterocycles. The second kappa shape index (κ2) is 7.12. The van der Waals surface area contributed by atoms with E-state index in [1.165, 1.54) is 10.8 Å². The van der Waals surface area contributed by atoms with Crippen LogP contribution in [0.5, 0.6) is 5.75 Å². The molecule has 2 rings (SSSR count). The van der Waals surface area contributed by atoms with E-state index in [0.29, 0.717) is 6.61 Å². The van der Waals surface area contributed by atoms with Crippen LogP contribution < -0.4 is 10.1 Å². The van der Waals surface area contributed by atoms with Gasteiger partial charge in [-0.1, -0.05) is 37.3 Å². The van der Waals surface area contributed by atoms with Gasteiger partial charge in [-0.25, -0.2) is 0 Å². The van der Waals surface area contributed by atoms with Gasteiger partial charge < -0.3 is 15.2 Å². The third kappa shape index (κ3) is 3.94. The van der Waals surface area contributed by atoms with Gasteiger partial charge in [0.15, 0.2) is 0 Å². The molecule has 1 unspecified atom stereocenters. The molecule has 3 heteroatoms. The molecule has 102 valence electrons. The van der Waals surface area contributed by atoms with Crippen LogP contribution in [0.25, 0.3) is 10.8 Å². The summed E-state index contributed by atoms with van der Waals surface area (Å²) in [5, 5.41) is 14.8. The minimum absolute atomic E-state index is 0.116. The summed E-state index contributed by atoms with van der Waals surface area (Å²) in [7, 11) is 0. The van der Waals surface area contributed by atoms with Gasteiger partial charge in [-0.2, -0.15) is 0 Å². The Labute approximate surface area is 114 Å². The molecule has 19 heavy (non-hydrogen) atoms. The first-order chi connectivity index (χ1) is 9.33. The highest BCUT2D eigenvalue weighted by Crippen LogP contribution is 2.20. The normalized spacial score (nSPS) is 12.5. The fourth-order valence-electron chi connectivity index (χ4n) is 2.12. The summed E-state index contributed by atoms with van der Waals surface area (Å²) in [5.41, 5.74) is 0. The van der Waals surface area contributed by atoms with Crippen LogP contribution in [-0.4, -0.2) is 30.9 Å². The number of aliphatic hydroxyl groups is 1. The molecule has 0 aliphatic rings.